The predicted octanol–water partition coefficient (Wildman–Crippen LogP) is 1.04. The number of hydrogen-bond acceptors (Lipinski definition) is 5. The van der Waals surface area contributed by atoms with Gasteiger partial charge < -0.3 is 14.4 Å². The number of fused-ring (bicyclic) bond motifs is 1. The maximum absolute atomic E-state index is 12.4. The average Bonchev–Trinajstić information content (AvgIpc) is 2.72. The largest absolute Gasteiger partial charge is 0.490 e. The summed E-state index contributed by atoms with van der Waals surface area (Å²) in [6, 6.07) is 5.29. The van der Waals surface area contributed by atoms with Gasteiger partial charge in [0.25, 0.3) is 0 Å². The maximum Gasteiger partial charge on any atom is 0.227 e. The lowest BCUT2D eigenvalue weighted by Crippen LogP contribution is -2.38. The molecule has 1 amide bonds. The smallest absolute Gasteiger partial charge is 0.227 e. The molecule has 6 nitrogen and oxygen atoms in total. The number of amides is 1. The predicted molar refractivity (Wildman–Crippen MR) is 85.6 cm³/mol. The lowest BCUT2D eigenvalue weighted by atomic mass is 10.1. The van der Waals surface area contributed by atoms with E-state index < -0.39 is 9.84 Å². The molecule has 0 N–H and O–H groups in total. The Kier molecular flexibility index (Phi) is 4.48. The van der Waals surface area contributed by atoms with Gasteiger partial charge in [-0.05, 0) is 24.1 Å². The lowest BCUT2D eigenvalue weighted by molar-refractivity contribution is -0.130. The molecule has 1 atom stereocenters. The van der Waals surface area contributed by atoms with Crippen molar-refractivity contribution >= 4 is 15.7 Å². The number of carbonyl (C=O) groups is 1. The number of ether oxygens (including phenoxy) is 2. The Balaban J connectivity index is 1.67. The first kappa shape index (κ1) is 16.1. The quantitative estimate of drug-likeness (QED) is 0.823. The monoisotopic (exact) mass is 339 g/mol. The topological polar surface area (TPSA) is 72.9 Å². The molecule has 0 radical (unpaired) electrons. The molecule has 0 saturated carbocycles. The molecule has 0 aromatic heterocycles. The van der Waals surface area contributed by atoms with Crippen LogP contribution in [-0.2, 0) is 21.1 Å². The van der Waals surface area contributed by atoms with Crippen molar-refractivity contribution in [2.24, 2.45) is 0 Å². The highest BCUT2D eigenvalue weighted by molar-refractivity contribution is 7.91. The summed E-state index contributed by atoms with van der Waals surface area (Å²) in [5.74, 6) is 1.52. The van der Waals surface area contributed by atoms with E-state index in [0.29, 0.717) is 31.1 Å². The zero-order valence-corrected chi connectivity index (χ0v) is 14.0. The summed E-state index contributed by atoms with van der Waals surface area (Å²) in [7, 11) is -1.32. The van der Waals surface area contributed by atoms with Gasteiger partial charge in [-0.3, -0.25) is 4.79 Å². The molecule has 2 heterocycles. The first-order valence-electron chi connectivity index (χ1n) is 7.79. The van der Waals surface area contributed by atoms with Crippen LogP contribution in [-0.4, -0.2) is 57.0 Å². The van der Waals surface area contributed by atoms with Gasteiger partial charge in [-0.2, -0.15) is 0 Å². The van der Waals surface area contributed by atoms with Gasteiger partial charge in [-0.1, -0.05) is 6.07 Å². The summed E-state index contributed by atoms with van der Waals surface area (Å²) in [6.07, 6.45) is 1.58. The van der Waals surface area contributed by atoms with Gasteiger partial charge in [0.2, 0.25) is 5.91 Å². The Morgan fingerprint density at radius 2 is 2.00 bits per heavy atom. The van der Waals surface area contributed by atoms with E-state index in [4.69, 9.17) is 9.47 Å². The Bertz CT molecular complexity index is 700. The molecule has 2 aliphatic rings. The van der Waals surface area contributed by atoms with Crippen molar-refractivity contribution in [2.75, 3.05) is 31.8 Å². The van der Waals surface area contributed by atoms with E-state index in [2.05, 4.69) is 0 Å². The van der Waals surface area contributed by atoms with Crippen molar-refractivity contribution < 1.29 is 22.7 Å². The number of benzene rings is 1. The molecule has 3 rings (SSSR count). The summed E-state index contributed by atoms with van der Waals surface area (Å²) in [5, 5.41) is 0. The third-order valence-corrected chi connectivity index (χ3v) is 6.07. The Morgan fingerprint density at radius 3 is 2.70 bits per heavy atom. The van der Waals surface area contributed by atoms with Crippen LogP contribution in [0.5, 0.6) is 11.5 Å². The third-order valence-electron chi connectivity index (χ3n) is 4.32. The van der Waals surface area contributed by atoms with Crippen LogP contribution in [0.15, 0.2) is 18.2 Å². The van der Waals surface area contributed by atoms with E-state index in [-0.39, 0.29) is 29.9 Å². The van der Waals surface area contributed by atoms with Crippen LogP contribution >= 0.6 is 0 Å². The van der Waals surface area contributed by atoms with E-state index in [1.165, 1.54) is 0 Å². The van der Waals surface area contributed by atoms with Crippen LogP contribution in [0.4, 0.5) is 0 Å². The second-order valence-electron chi connectivity index (χ2n) is 6.07. The molecule has 126 valence electrons. The molecule has 23 heavy (non-hydrogen) atoms. The van der Waals surface area contributed by atoms with Gasteiger partial charge in [0, 0.05) is 19.5 Å². The second-order valence-corrected chi connectivity index (χ2v) is 8.30. The molecule has 0 bridgehead atoms. The number of nitrogens with zero attached hydrogens (tertiary/aromatic N) is 1. The van der Waals surface area contributed by atoms with Gasteiger partial charge in [0.15, 0.2) is 21.3 Å². The molecule has 7 heteroatoms. The minimum absolute atomic E-state index is 0.0659. The highest BCUT2D eigenvalue weighted by Gasteiger charge is 2.32. The number of hydrogen-bond donors (Lipinski definition) is 0. The summed E-state index contributed by atoms with van der Waals surface area (Å²) < 4.78 is 34.3. The third kappa shape index (κ3) is 3.77. The van der Waals surface area contributed by atoms with Crippen molar-refractivity contribution in [3.05, 3.63) is 23.8 Å². The number of rotatable bonds is 3. The van der Waals surface area contributed by atoms with Crippen LogP contribution in [0.1, 0.15) is 18.4 Å². The Morgan fingerprint density at radius 1 is 1.26 bits per heavy atom. The Hall–Kier alpha value is -1.76. The average molecular weight is 339 g/mol. The molecule has 1 fully saturated rings. The van der Waals surface area contributed by atoms with Crippen LogP contribution in [0.25, 0.3) is 0 Å². The van der Waals surface area contributed by atoms with Crippen molar-refractivity contribution in [3.63, 3.8) is 0 Å². The first-order chi connectivity index (χ1) is 10.9. The fourth-order valence-corrected chi connectivity index (χ4v) is 4.68. The summed E-state index contributed by atoms with van der Waals surface area (Å²) in [5.41, 5.74) is 0.840. The normalized spacial score (nSPS) is 22.4. The lowest BCUT2D eigenvalue weighted by Gasteiger charge is -2.23. The SMILES string of the molecule is CN(C(=O)Cc1ccc2c(c1)OCCCO2)C1CCS(=O)(=O)C1. The van der Waals surface area contributed by atoms with Crippen LogP contribution < -0.4 is 9.47 Å². The van der Waals surface area contributed by atoms with Gasteiger partial charge in [-0.25, -0.2) is 8.42 Å². The van der Waals surface area contributed by atoms with E-state index >= 15 is 0 Å². The molecule has 0 spiro atoms. The zero-order valence-electron chi connectivity index (χ0n) is 13.2. The number of sulfone groups is 1. The highest BCUT2D eigenvalue weighted by Crippen LogP contribution is 2.30. The van der Waals surface area contributed by atoms with Crippen molar-refractivity contribution in [3.8, 4) is 11.5 Å². The minimum Gasteiger partial charge on any atom is -0.490 e. The van der Waals surface area contributed by atoms with Crippen molar-refractivity contribution in [1.82, 2.24) is 4.90 Å². The molecular formula is C16H21NO5S. The van der Waals surface area contributed by atoms with Gasteiger partial charge in [0.1, 0.15) is 0 Å². The molecular weight excluding hydrogens is 318 g/mol. The van der Waals surface area contributed by atoms with Crippen LogP contribution in [0, 0.1) is 0 Å². The van der Waals surface area contributed by atoms with E-state index in [1.54, 1.807) is 11.9 Å². The Labute approximate surface area is 136 Å². The van der Waals surface area contributed by atoms with Gasteiger partial charge >= 0.3 is 0 Å². The van der Waals surface area contributed by atoms with E-state index in [9.17, 15) is 13.2 Å². The zero-order chi connectivity index (χ0) is 16.4. The fraction of sp³-hybridized carbons (Fsp3) is 0.562. The summed E-state index contributed by atoms with van der Waals surface area (Å²) in [6.45, 7) is 1.23. The standard InChI is InChI=1S/C16H21NO5S/c1-17(13-5-8-23(19,20)11-13)16(18)10-12-3-4-14-15(9-12)22-7-2-6-21-14/h3-4,9,13H,2,5-8,10-11H2,1H3. The van der Waals surface area contributed by atoms with E-state index in [0.717, 1.165) is 12.0 Å². The van der Waals surface area contributed by atoms with Crippen LogP contribution in [0.3, 0.4) is 0 Å². The molecule has 2 aliphatic heterocycles. The molecule has 0 aliphatic carbocycles. The van der Waals surface area contributed by atoms with Gasteiger partial charge in [0.05, 0.1) is 31.1 Å². The molecule has 1 aromatic carbocycles. The fourth-order valence-electron chi connectivity index (χ4n) is 2.90. The molecule has 1 aromatic rings. The number of likely N-dealkylation sites (N-methyl/N-ethyl adjacent to an activating group) is 1. The maximum atomic E-state index is 12.4. The summed E-state index contributed by atoms with van der Waals surface area (Å²) >= 11 is 0. The molecule has 1 saturated heterocycles. The first-order valence-corrected chi connectivity index (χ1v) is 9.61. The van der Waals surface area contributed by atoms with Crippen molar-refractivity contribution in [1.29, 1.82) is 0 Å². The minimum atomic E-state index is -2.99. The van der Waals surface area contributed by atoms with E-state index in [1.807, 2.05) is 18.2 Å². The van der Waals surface area contributed by atoms with Crippen molar-refractivity contribution in [2.45, 2.75) is 25.3 Å². The highest BCUT2D eigenvalue weighted by atomic mass is 32.2. The number of carbonyl (C=O) groups excluding carboxylic acids is 1. The second kappa shape index (κ2) is 6.39. The van der Waals surface area contributed by atoms with Gasteiger partial charge in [-0.15, -0.1) is 0 Å². The van der Waals surface area contributed by atoms with Crippen LogP contribution in [0.2, 0.25) is 0 Å². The summed E-state index contributed by atoms with van der Waals surface area (Å²) in [4.78, 5) is 14.0. The molecule has 1 unspecified atom stereocenters.